The lowest BCUT2D eigenvalue weighted by Crippen LogP contribution is -2.33. The summed E-state index contributed by atoms with van der Waals surface area (Å²) in [6.45, 7) is 6.85. The Balaban J connectivity index is 1.25. The molecule has 6 nitrogen and oxygen atoms in total. The van der Waals surface area contributed by atoms with E-state index in [4.69, 9.17) is 9.47 Å². The van der Waals surface area contributed by atoms with Crippen molar-refractivity contribution in [3.8, 4) is 0 Å². The van der Waals surface area contributed by atoms with Crippen molar-refractivity contribution in [2.45, 2.75) is 63.8 Å². The number of carbonyl (C=O) groups excluding carboxylic acids is 2. The first kappa shape index (κ1) is 27.5. The lowest BCUT2D eigenvalue weighted by atomic mass is 9.83. The van der Waals surface area contributed by atoms with Crippen LogP contribution >= 0.6 is 0 Å². The third-order valence-electron chi connectivity index (χ3n) is 8.35. The van der Waals surface area contributed by atoms with Gasteiger partial charge < -0.3 is 14.8 Å². The lowest BCUT2D eigenvalue weighted by molar-refractivity contribution is -0.123. The Morgan fingerprint density at radius 2 is 1.65 bits per heavy atom. The summed E-state index contributed by atoms with van der Waals surface area (Å²) in [4.78, 5) is 28.0. The van der Waals surface area contributed by atoms with E-state index in [1.807, 2.05) is 73.7 Å². The molecule has 0 spiro atoms. The lowest BCUT2D eigenvalue weighted by Gasteiger charge is -2.24. The maximum atomic E-state index is 13.5. The average molecular weight is 539 g/mol. The van der Waals surface area contributed by atoms with Gasteiger partial charge in [0, 0.05) is 18.7 Å². The van der Waals surface area contributed by atoms with Crippen molar-refractivity contribution in [3.63, 3.8) is 0 Å². The van der Waals surface area contributed by atoms with E-state index >= 15 is 0 Å². The second-order valence-electron chi connectivity index (χ2n) is 10.9. The Morgan fingerprint density at radius 1 is 1.00 bits per heavy atom. The number of nitrogens with one attached hydrogen (secondary N) is 1. The molecule has 2 aliphatic rings. The molecular weight excluding hydrogens is 500 g/mol. The first-order valence-corrected chi connectivity index (χ1v) is 14.2. The van der Waals surface area contributed by atoms with Gasteiger partial charge in [-0.25, -0.2) is 4.79 Å². The highest BCUT2D eigenvalue weighted by atomic mass is 16.6. The summed E-state index contributed by atoms with van der Waals surface area (Å²) in [5.74, 6) is 0.820. The van der Waals surface area contributed by atoms with Crippen LogP contribution in [-0.4, -0.2) is 30.1 Å². The van der Waals surface area contributed by atoms with Gasteiger partial charge in [0.05, 0.1) is 19.1 Å². The van der Waals surface area contributed by atoms with Crippen LogP contribution in [0, 0.1) is 5.92 Å². The molecular formula is C34H38N2O4. The van der Waals surface area contributed by atoms with Crippen molar-refractivity contribution >= 4 is 17.8 Å². The van der Waals surface area contributed by atoms with Crippen LogP contribution in [0.25, 0.3) is 5.76 Å². The van der Waals surface area contributed by atoms with Crippen LogP contribution in [0.4, 0.5) is 4.79 Å². The van der Waals surface area contributed by atoms with Gasteiger partial charge in [-0.05, 0) is 47.9 Å². The SMILES string of the molecule is C=C(OC)c1ccc(CNC(=O)C(c2ccc(CN3C(=O)O[C@H](c4ccccc4)[C@@H]3C)cc2)C2CCCC2)cc1. The third kappa shape index (κ3) is 6.06. The van der Waals surface area contributed by atoms with Crippen LogP contribution in [0.1, 0.15) is 72.4 Å². The summed E-state index contributed by atoms with van der Waals surface area (Å²) in [6.07, 6.45) is 3.87. The zero-order chi connectivity index (χ0) is 28.1. The molecule has 1 unspecified atom stereocenters. The van der Waals surface area contributed by atoms with Gasteiger partial charge in [0.1, 0.15) is 11.9 Å². The van der Waals surface area contributed by atoms with E-state index in [1.54, 1.807) is 12.0 Å². The largest absolute Gasteiger partial charge is 0.497 e. The van der Waals surface area contributed by atoms with E-state index in [2.05, 4.69) is 24.0 Å². The third-order valence-corrected chi connectivity index (χ3v) is 8.35. The Labute approximate surface area is 237 Å². The molecule has 1 saturated heterocycles. The van der Waals surface area contributed by atoms with Crippen molar-refractivity contribution < 1.29 is 19.1 Å². The zero-order valence-electron chi connectivity index (χ0n) is 23.3. The molecule has 0 radical (unpaired) electrons. The molecule has 2 amide bonds. The fourth-order valence-corrected chi connectivity index (χ4v) is 5.98. The van der Waals surface area contributed by atoms with Crippen LogP contribution in [0.15, 0.2) is 85.4 Å². The Bertz CT molecular complexity index is 1310. The first-order valence-electron chi connectivity index (χ1n) is 14.2. The number of amides is 2. The Hall–Kier alpha value is -4.06. The number of methoxy groups -OCH3 is 1. The molecule has 0 bridgehead atoms. The smallest absolute Gasteiger partial charge is 0.411 e. The van der Waals surface area contributed by atoms with Gasteiger partial charge in [0.15, 0.2) is 0 Å². The van der Waals surface area contributed by atoms with Crippen LogP contribution in [0.3, 0.4) is 0 Å². The van der Waals surface area contributed by atoms with Crippen LogP contribution < -0.4 is 5.32 Å². The normalized spacial score (nSPS) is 19.8. The highest BCUT2D eigenvalue weighted by Crippen LogP contribution is 2.38. The van der Waals surface area contributed by atoms with Crippen molar-refractivity contribution in [2.24, 2.45) is 5.92 Å². The quantitative estimate of drug-likeness (QED) is 0.283. The van der Waals surface area contributed by atoms with Gasteiger partial charge in [0.25, 0.3) is 0 Å². The van der Waals surface area contributed by atoms with Crippen LogP contribution in [-0.2, 0) is 27.4 Å². The van der Waals surface area contributed by atoms with Gasteiger partial charge in [-0.1, -0.05) is 98.3 Å². The average Bonchev–Trinajstić information content (AvgIpc) is 3.62. The van der Waals surface area contributed by atoms with E-state index in [9.17, 15) is 9.59 Å². The number of carbonyl (C=O) groups is 2. The summed E-state index contributed by atoms with van der Waals surface area (Å²) in [7, 11) is 1.61. The zero-order valence-corrected chi connectivity index (χ0v) is 23.3. The van der Waals surface area contributed by atoms with Gasteiger partial charge in [-0.15, -0.1) is 0 Å². The molecule has 1 saturated carbocycles. The molecule has 0 aromatic heterocycles. The molecule has 3 atom stereocenters. The van der Waals surface area contributed by atoms with Crippen molar-refractivity contribution in [2.75, 3.05) is 7.11 Å². The molecule has 3 aromatic rings. The number of hydrogen-bond donors (Lipinski definition) is 1. The molecule has 1 N–H and O–H groups in total. The number of benzene rings is 3. The molecule has 40 heavy (non-hydrogen) atoms. The van der Waals surface area contributed by atoms with Gasteiger partial charge in [0.2, 0.25) is 5.91 Å². The summed E-state index contributed by atoms with van der Waals surface area (Å²) < 4.78 is 10.9. The second-order valence-corrected chi connectivity index (χ2v) is 10.9. The standard InChI is InChI=1S/C34H38N2O4/c1-23-32(30-11-5-4-6-12-30)40-34(38)36(23)22-26-15-19-29(20-16-26)31(28-9-7-8-10-28)33(37)35-21-25-13-17-27(18-14-25)24(2)39-3/h4-6,11-20,23,28,31-32H,2,7-10,21-22H2,1,3H3,(H,35,37)/t23-,31?,32-/m0/s1. The molecule has 1 aliphatic heterocycles. The van der Waals surface area contributed by atoms with Gasteiger partial charge >= 0.3 is 6.09 Å². The molecule has 5 rings (SSSR count). The Morgan fingerprint density at radius 3 is 2.30 bits per heavy atom. The Kier molecular flexibility index (Phi) is 8.54. The monoisotopic (exact) mass is 538 g/mol. The van der Waals surface area contributed by atoms with E-state index < -0.39 is 0 Å². The predicted molar refractivity (Wildman–Crippen MR) is 156 cm³/mol. The summed E-state index contributed by atoms with van der Waals surface area (Å²) in [5.41, 5.74) is 5.00. The minimum Gasteiger partial charge on any atom is -0.497 e. The van der Waals surface area contributed by atoms with E-state index in [0.717, 1.165) is 53.5 Å². The number of rotatable bonds is 10. The highest BCUT2D eigenvalue weighted by Gasteiger charge is 2.39. The topological polar surface area (TPSA) is 67.9 Å². The van der Waals surface area contributed by atoms with Crippen LogP contribution in [0.2, 0.25) is 0 Å². The molecule has 2 fully saturated rings. The fourth-order valence-electron chi connectivity index (χ4n) is 5.98. The number of ether oxygens (including phenoxy) is 2. The van der Waals surface area contributed by atoms with Crippen molar-refractivity contribution in [3.05, 3.63) is 113 Å². The molecule has 1 heterocycles. The molecule has 3 aromatic carbocycles. The van der Waals surface area contributed by atoms with E-state index in [-0.39, 0.29) is 30.1 Å². The molecule has 1 aliphatic carbocycles. The van der Waals surface area contributed by atoms with Crippen molar-refractivity contribution in [1.29, 1.82) is 0 Å². The number of cyclic esters (lactones) is 1. The molecule has 6 heteroatoms. The minimum atomic E-state index is -0.298. The first-order chi connectivity index (χ1) is 19.4. The maximum absolute atomic E-state index is 13.5. The van der Waals surface area contributed by atoms with Crippen molar-refractivity contribution in [1.82, 2.24) is 10.2 Å². The number of nitrogens with zero attached hydrogens (tertiary/aromatic N) is 1. The highest BCUT2D eigenvalue weighted by molar-refractivity contribution is 5.84. The van der Waals surface area contributed by atoms with E-state index in [0.29, 0.717) is 24.8 Å². The summed E-state index contributed by atoms with van der Waals surface area (Å²) in [6, 6.07) is 25.9. The van der Waals surface area contributed by atoms with Crippen LogP contribution in [0.5, 0.6) is 0 Å². The maximum Gasteiger partial charge on any atom is 0.411 e. The number of hydrogen-bond acceptors (Lipinski definition) is 4. The summed E-state index contributed by atoms with van der Waals surface area (Å²) >= 11 is 0. The minimum absolute atomic E-state index is 0.0625. The fraction of sp³-hybridized carbons (Fsp3) is 0.353. The van der Waals surface area contributed by atoms with Gasteiger partial charge in [-0.2, -0.15) is 0 Å². The second kappa shape index (κ2) is 12.4. The van der Waals surface area contributed by atoms with E-state index in [1.165, 1.54) is 0 Å². The molecule has 208 valence electrons. The summed E-state index contributed by atoms with van der Waals surface area (Å²) in [5, 5.41) is 3.18. The van der Waals surface area contributed by atoms with Gasteiger partial charge in [-0.3, -0.25) is 9.69 Å². The predicted octanol–water partition coefficient (Wildman–Crippen LogP) is 6.98.